The normalized spacial score (nSPS) is 23.9. The lowest BCUT2D eigenvalue weighted by Crippen LogP contribution is -2.42. The third-order valence-corrected chi connectivity index (χ3v) is 9.74. The first-order valence-electron chi connectivity index (χ1n) is 15.8. The van der Waals surface area contributed by atoms with Crippen molar-refractivity contribution in [3.63, 3.8) is 0 Å². The van der Waals surface area contributed by atoms with Crippen LogP contribution in [-0.4, -0.2) is 52.4 Å². The quantitative estimate of drug-likeness (QED) is 0.273. The predicted molar refractivity (Wildman–Crippen MR) is 164 cm³/mol. The van der Waals surface area contributed by atoms with Crippen LogP contribution in [0.15, 0.2) is 42.9 Å². The maximum Gasteiger partial charge on any atom is 0.308 e. The Kier molecular flexibility index (Phi) is 8.77. The van der Waals surface area contributed by atoms with Crippen LogP contribution in [0.5, 0.6) is 5.75 Å². The summed E-state index contributed by atoms with van der Waals surface area (Å²) in [5.74, 6) is 2.05. The minimum absolute atomic E-state index is 0.113. The summed E-state index contributed by atoms with van der Waals surface area (Å²) in [6.45, 7) is 2.64. The zero-order chi connectivity index (χ0) is 29.9. The standard InChI is InChI=1S/C34H43N5O4/c1-22-31(42-2)15-14-30(37-22)24-6-4-23(5-7-24)20-38(33(40)25-8-10-26(11-9-25)34(41)43-3)32-18-27(16-17-35-32)28-19-36-39(21-28)29-12-13-29/h14-19,21,23-26,29H,4-13,20H2,1-3H3/t23-,24-,25?,26?. The second kappa shape index (κ2) is 12.9. The second-order valence-electron chi connectivity index (χ2n) is 12.6. The number of nitrogens with zero attached hydrogens (tertiary/aromatic N) is 5. The number of methoxy groups -OCH3 is 2. The molecule has 0 bridgehead atoms. The second-order valence-corrected chi connectivity index (χ2v) is 12.6. The lowest BCUT2D eigenvalue weighted by atomic mass is 9.79. The van der Waals surface area contributed by atoms with Crippen LogP contribution in [0.25, 0.3) is 11.1 Å². The van der Waals surface area contributed by atoms with Crippen molar-refractivity contribution in [2.75, 3.05) is 25.7 Å². The van der Waals surface area contributed by atoms with Gasteiger partial charge in [0.2, 0.25) is 5.91 Å². The first kappa shape index (κ1) is 29.3. The molecular weight excluding hydrogens is 542 g/mol. The molecule has 6 rings (SSSR count). The monoisotopic (exact) mass is 585 g/mol. The van der Waals surface area contributed by atoms with Crippen molar-refractivity contribution in [3.05, 3.63) is 54.2 Å². The SMILES string of the molecule is COC(=O)C1CCC(C(=O)N(C[C@H]2CC[C@H](c3ccc(OC)c(C)n3)CC2)c2cc(-c3cnn(C4CC4)c3)ccn2)CC1. The van der Waals surface area contributed by atoms with Crippen LogP contribution < -0.4 is 9.64 Å². The largest absolute Gasteiger partial charge is 0.495 e. The van der Waals surface area contributed by atoms with Crippen molar-refractivity contribution >= 4 is 17.7 Å². The van der Waals surface area contributed by atoms with Crippen molar-refractivity contribution < 1.29 is 19.1 Å². The predicted octanol–water partition coefficient (Wildman–Crippen LogP) is 6.28. The molecule has 0 N–H and O–H groups in total. The maximum absolute atomic E-state index is 14.2. The number of esters is 1. The summed E-state index contributed by atoms with van der Waals surface area (Å²) in [4.78, 5) is 37.8. The lowest BCUT2D eigenvalue weighted by molar-refractivity contribution is -0.147. The van der Waals surface area contributed by atoms with E-state index in [0.29, 0.717) is 55.9 Å². The Hall–Kier alpha value is -3.75. The molecule has 43 heavy (non-hydrogen) atoms. The van der Waals surface area contributed by atoms with E-state index in [-0.39, 0.29) is 23.7 Å². The Morgan fingerprint density at radius 3 is 2.35 bits per heavy atom. The molecule has 3 aliphatic rings. The Morgan fingerprint density at radius 2 is 1.67 bits per heavy atom. The van der Waals surface area contributed by atoms with Gasteiger partial charge < -0.3 is 9.47 Å². The average molecular weight is 586 g/mol. The number of ether oxygens (including phenoxy) is 2. The highest BCUT2D eigenvalue weighted by Gasteiger charge is 2.35. The third-order valence-electron chi connectivity index (χ3n) is 9.74. The van der Waals surface area contributed by atoms with Crippen LogP contribution in [0.2, 0.25) is 0 Å². The molecule has 0 unspecified atom stereocenters. The van der Waals surface area contributed by atoms with Gasteiger partial charge in [-0.05, 0) is 107 Å². The van der Waals surface area contributed by atoms with Crippen molar-refractivity contribution in [2.45, 2.75) is 83.1 Å². The molecule has 3 heterocycles. The van der Waals surface area contributed by atoms with E-state index in [9.17, 15) is 9.59 Å². The van der Waals surface area contributed by atoms with E-state index in [1.165, 1.54) is 20.0 Å². The number of aryl methyl sites for hydroxylation is 1. The average Bonchev–Trinajstić information content (AvgIpc) is 3.79. The summed E-state index contributed by atoms with van der Waals surface area (Å²) >= 11 is 0. The van der Waals surface area contributed by atoms with E-state index in [4.69, 9.17) is 19.4 Å². The number of pyridine rings is 2. The number of hydrogen-bond donors (Lipinski definition) is 0. The molecule has 0 atom stereocenters. The molecule has 1 amide bonds. The zero-order valence-electron chi connectivity index (χ0n) is 25.6. The van der Waals surface area contributed by atoms with Gasteiger partial charge in [0, 0.05) is 42.0 Å². The van der Waals surface area contributed by atoms with E-state index in [1.54, 1.807) is 7.11 Å². The summed E-state index contributed by atoms with van der Waals surface area (Å²) in [7, 11) is 3.12. The fraction of sp³-hybridized carbons (Fsp3) is 0.559. The topological polar surface area (TPSA) is 99.4 Å². The molecule has 3 aromatic rings. The highest BCUT2D eigenvalue weighted by molar-refractivity contribution is 5.95. The van der Waals surface area contributed by atoms with Crippen molar-refractivity contribution in [2.24, 2.45) is 17.8 Å². The number of hydrogen-bond acceptors (Lipinski definition) is 7. The van der Waals surface area contributed by atoms with Crippen LogP contribution in [0.4, 0.5) is 5.82 Å². The van der Waals surface area contributed by atoms with Crippen molar-refractivity contribution in [1.29, 1.82) is 0 Å². The number of carbonyl (C=O) groups excluding carboxylic acids is 2. The van der Waals surface area contributed by atoms with Gasteiger partial charge in [0.15, 0.2) is 0 Å². The molecule has 3 saturated carbocycles. The van der Waals surface area contributed by atoms with E-state index >= 15 is 0 Å². The van der Waals surface area contributed by atoms with Gasteiger partial charge in [-0.25, -0.2) is 4.98 Å². The number of rotatable bonds is 9. The minimum Gasteiger partial charge on any atom is -0.495 e. The zero-order valence-corrected chi connectivity index (χ0v) is 25.6. The Bertz CT molecular complexity index is 1430. The summed E-state index contributed by atoms with van der Waals surface area (Å²) < 4.78 is 12.4. The van der Waals surface area contributed by atoms with Gasteiger partial charge in [0.1, 0.15) is 11.6 Å². The lowest BCUT2D eigenvalue weighted by Gasteiger charge is -2.35. The molecule has 9 heteroatoms. The van der Waals surface area contributed by atoms with Crippen LogP contribution in [0.3, 0.4) is 0 Å². The molecule has 9 nitrogen and oxygen atoms in total. The molecular formula is C34H43N5O4. The van der Waals surface area contributed by atoms with Crippen molar-refractivity contribution in [1.82, 2.24) is 19.7 Å². The van der Waals surface area contributed by atoms with Gasteiger partial charge in [-0.1, -0.05) is 0 Å². The third kappa shape index (κ3) is 6.60. The van der Waals surface area contributed by atoms with E-state index in [0.717, 1.165) is 53.9 Å². The molecule has 0 aliphatic heterocycles. The van der Waals surface area contributed by atoms with Gasteiger partial charge in [-0.2, -0.15) is 5.10 Å². The van der Waals surface area contributed by atoms with E-state index < -0.39 is 0 Å². The smallest absolute Gasteiger partial charge is 0.308 e. The number of amides is 1. The van der Waals surface area contributed by atoms with Crippen LogP contribution in [0.1, 0.15) is 87.6 Å². The van der Waals surface area contributed by atoms with Gasteiger partial charge in [-0.15, -0.1) is 0 Å². The first-order chi connectivity index (χ1) is 20.9. The number of aromatic nitrogens is 4. The molecule has 3 aliphatic carbocycles. The van der Waals surface area contributed by atoms with Gasteiger partial charge in [0.25, 0.3) is 0 Å². The summed E-state index contributed by atoms with van der Waals surface area (Å²) in [5, 5.41) is 4.57. The number of carbonyl (C=O) groups is 2. The highest BCUT2D eigenvalue weighted by Crippen LogP contribution is 2.39. The first-order valence-corrected chi connectivity index (χ1v) is 15.8. The van der Waals surface area contributed by atoms with Gasteiger partial charge >= 0.3 is 5.97 Å². The fourth-order valence-corrected chi connectivity index (χ4v) is 6.94. The highest BCUT2D eigenvalue weighted by atomic mass is 16.5. The van der Waals surface area contributed by atoms with Crippen LogP contribution in [0, 0.1) is 24.7 Å². The van der Waals surface area contributed by atoms with E-state index in [2.05, 4.69) is 22.0 Å². The molecule has 3 fully saturated rings. The van der Waals surface area contributed by atoms with Crippen molar-refractivity contribution in [3.8, 4) is 16.9 Å². The minimum atomic E-state index is -0.165. The molecule has 0 spiro atoms. The molecule has 0 radical (unpaired) electrons. The maximum atomic E-state index is 14.2. The molecule has 3 aromatic heterocycles. The van der Waals surface area contributed by atoms with Gasteiger partial charge in [-0.3, -0.25) is 24.2 Å². The molecule has 0 saturated heterocycles. The summed E-state index contributed by atoms with van der Waals surface area (Å²) in [5.41, 5.74) is 4.13. The van der Waals surface area contributed by atoms with Crippen LogP contribution in [-0.2, 0) is 14.3 Å². The molecule has 0 aromatic carbocycles. The summed E-state index contributed by atoms with van der Waals surface area (Å²) in [6, 6.07) is 8.67. The Morgan fingerprint density at radius 1 is 0.930 bits per heavy atom. The summed E-state index contributed by atoms with van der Waals surface area (Å²) in [6.07, 6.45) is 15.1. The Labute approximate surface area is 254 Å². The Balaban J connectivity index is 1.19. The van der Waals surface area contributed by atoms with E-state index in [1.807, 2.05) is 42.4 Å². The molecule has 228 valence electrons. The number of anilines is 1. The van der Waals surface area contributed by atoms with Gasteiger partial charge in [0.05, 0.1) is 38.1 Å². The van der Waals surface area contributed by atoms with Crippen LogP contribution >= 0.6 is 0 Å². The fourth-order valence-electron chi connectivity index (χ4n) is 6.94.